The topological polar surface area (TPSA) is 9.23 Å². The van der Waals surface area contributed by atoms with Crippen LogP contribution in [0.25, 0.3) is 12.2 Å². The molecule has 1 nitrogen and oxygen atoms in total. The number of unbranched alkanes of at least 4 members (excludes halogenated alkanes) is 1. The van der Waals surface area contributed by atoms with Gasteiger partial charge in [-0.2, -0.15) is 0 Å². The Labute approximate surface area is 134 Å². The van der Waals surface area contributed by atoms with E-state index < -0.39 is 6.36 Å². The van der Waals surface area contributed by atoms with Gasteiger partial charge in [-0.15, -0.1) is 13.2 Å². The average Bonchev–Trinajstić information content (AvgIpc) is 2.52. The van der Waals surface area contributed by atoms with Gasteiger partial charge >= 0.3 is 6.36 Å². The molecule has 2 aromatic rings. The zero-order chi connectivity index (χ0) is 16.7. The molecule has 4 heteroatoms. The standard InChI is InChI=1S/C19H19F3O/c1-2-3-4-15-5-7-16(8-6-15)9-10-17-11-13-18(14-12-17)23-19(20,21)22/h5-14H,2-4H2,1H3/b10-9+. The second kappa shape index (κ2) is 7.86. The molecule has 0 heterocycles. The highest BCUT2D eigenvalue weighted by Crippen LogP contribution is 2.23. The summed E-state index contributed by atoms with van der Waals surface area (Å²) in [5.74, 6) is -0.213. The monoisotopic (exact) mass is 320 g/mol. The molecule has 2 aromatic carbocycles. The molecule has 0 saturated carbocycles. The number of aryl methyl sites for hydroxylation is 1. The van der Waals surface area contributed by atoms with E-state index in [2.05, 4.69) is 23.8 Å². The Morgan fingerprint density at radius 1 is 0.870 bits per heavy atom. The molecule has 0 bridgehead atoms. The molecule has 122 valence electrons. The maximum atomic E-state index is 12.1. The Bertz CT molecular complexity index is 625. The van der Waals surface area contributed by atoms with E-state index in [9.17, 15) is 13.2 Å². The van der Waals surface area contributed by atoms with Crippen LogP contribution in [0.1, 0.15) is 36.5 Å². The van der Waals surface area contributed by atoms with Gasteiger partial charge in [0.25, 0.3) is 0 Å². The minimum absolute atomic E-state index is 0.213. The maximum Gasteiger partial charge on any atom is 0.573 e. The molecule has 0 aliphatic heterocycles. The van der Waals surface area contributed by atoms with Crippen molar-refractivity contribution in [3.8, 4) is 5.75 Å². The highest BCUT2D eigenvalue weighted by atomic mass is 19.4. The van der Waals surface area contributed by atoms with Crippen LogP contribution in [0.3, 0.4) is 0 Å². The van der Waals surface area contributed by atoms with Crippen LogP contribution < -0.4 is 4.74 Å². The first-order valence-electron chi connectivity index (χ1n) is 7.59. The fraction of sp³-hybridized carbons (Fsp3) is 0.263. The number of alkyl halides is 3. The van der Waals surface area contributed by atoms with Crippen LogP contribution in [-0.2, 0) is 6.42 Å². The fourth-order valence-corrected chi connectivity index (χ4v) is 2.15. The lowest BCUT2D eigenvalue weighted by Crippen LogP contribution is -2.16. The SMILES string of the molecule is CCCCc1ccc(/C=C/c2ccc(OC(F)(F)F)cc2)cc1. The molecule has 0 atom stereocenters. The molecule has 0 saturated heterocycles. The van der Waals surface area contributed by atoms with Crippen LogP contribution in [0.4, 0.5) is 13.2 Å². The molecule has 0 fully saturated rings. The molecule has 0 aromatic heterocycles. The molecule has 23 heavy (non-hydrogen) atoms. The van der Waals surface area contributed by atoms with E-state index in [1.807, 2.05) is 24.3 Å². The number of ether oxygens (including phenoxy) is 1. The molecule has 2 rings (SSSR count). The molecule has 0 N–H and O–H groups in total. The summed E-state index contributed by atoms with van der Waals surface area (Å²) in [5.41, 5.74) is 3.19. The second-order valence-electron chi connectivity index (χ2n) is 5.30. The smallest absolute Gasteiger partial charge is 0.406 e. The van der Waals surface area contributed by atoms with E-state index >= 15 is 0 Å². The minimum atomic E-state index is -4.66. The molecular weight excluding hydrogens is 301 g/mol. The third kappa shape index (κ3) is 6.19. The summed E-state index contributed by atoms with van der Waals surface area (Å²) in [6.07, 6.45) is 2.58. The van der Waals surface area contributed by atoms with Crippen molar-refractivity contribution in [2.45, 2.75) is 32.5 Å². The summed E-state index contributed by atoms with van der Waals surface area (Å²) in [6.45, 7) is 2.17. The first-order valence-corrected chi connectivity index (χ1v) is 7.59. The minimum Gasteiger partial charge on any atom is -0.406 e. The third-order valence-electron chi connectivity index (χ3n) is 3.38. The van der Waals surface area contributed by atoms with Gasteiger partial charge in [-0.1, -0.05) is 61.9 Å². The number of halogens is 3. The summed E-state index contributed by atoms with van der Waals surface area (Å²) in [7, 11) is 0. The largest absolute Gasteiger partial charge is 0.573 e. The molecular formula is C19H19F3O. The molecule has 0 aliphatic carbocycles. The Balaban J connectivity index is 1.97. The molecule has 0 unspecified atom stereocenters. The summed E-state index contributed by atoms with van der Waals surface area (Å²) in [4.78, 5) is 0. The van der Waals surface area contributed by atoms with Gasteiger partial charge in [0, 0.05) is 0 Å². The maximum absolute atomic E-state index is 12.1. The van der Waals surface area contributed by atoms with Crippen molar-refractivity contribution in [1.29, 1.82) is 0 Å². The zero-order valence-electron chi connectivity index (χ0n) is 12.9. The zero-order valence-corrected chi connectivity index (χ0v) is 12.9. The average molecular weight is 320 g/mol. The van der Waals surface area contributed by atoms with E-state index in [4.69, 9.17) is 0 Å². The van der Waals surface area contributed by atoms with Crippen molar-refractivity contribution in [2.24, 2.45) is 0 Å². The van der Waals surface area contributed by atoms with E-state index in [0.717, 1.165) is 17.5 Å². The highest BCUT2D eigenvalue weighted by molar-refractivity contribution is 5.69. The lowest BCUT2D eigenvalue weighted by molar-refractivity contribution is -0.274. The van der Waals surface area contributed by atoms with Crippen LogP contribution in [0.15, 0.2) is 48.5 Å². The fourth-order valence-electron chi connectivity index (χ4n) is 2.15. The van der Waals surface area contributed by atoms with Gasteiger partial charge in [0.1, 0.15) is 5.75 Å². The summed E-state index contributed by atoms with van der Waals surface area (Å²) in [5, 5.41) is 0. The normalized spacial score (nSPS) is 11.8. The van der Waals surface area contributed by atoms with E-state index in [1.165, 1.54) is 30.5 Å². The van der Waals surface area contributed by atoms with Gasteiger partial charge in [0.2, 0.25) is 0 Å². The van der Waals surface area contributed by atoms with Crippen LogP contribution in [0, 0.1) is 0 Å². The van der Waals surface area contributed by atoms with Gasteiger partial charge in [0.05, 0.1) is 0 Å². The van der Waals surface area contributed by atoms with Gasteiger partial charge < -0.3 is 4.74 Å². The number of benzene rings is 2. The molecule has 0 aliphatic rings. The Hall–Kier alpha value is -2.23. The predicted octanol–water partition coefficient (Wildman–Crippen LogP) is 6.10. The first-order chi connectivity index (χ1) is 11.0. The van der Waals surface area contributed by atoms with E-state index in [-0.39, 0.29) is 5.75 Å². The van der Waals surface area contributed by atoms with Gasteiger partial charge in [-0.25, -0.2) is 0 Å². The van der Waals surface area contributed by atoms with Crippen LogP contribution in [0.5, 0.6) is 5.75 Å². The highest BCUT2D eigenvalue weighted by Gasteiger charge is 2.30. The Morgan fingerprint density at radius 3 is 1.87 bits per heavy atom. The van der Waals surface area contributed by atoms with Crippen molar-refractivity contribution in [2.75, 3.05) is 0 Å². The quantitative estimate of drug-likeness (QED) is 0.584. The number of hydrogen-bond donors (Lipinski definition) is 0. The van der Waals surface area contributed by atoms with Gasteiger partial charge in [0.15, 0.2) is 0 Å². The summed E-state index contributed by atoms with van der Waals surface area (Å²) < 4.78 is 40.1. The van der Waals surface area contributed by atoms with Crippen LogP contribution in [-0.4, -0.2) is 6.36 Å². The van der Waals surface area contributed by atoms with Crippen molar-refractivity contribution < 1.29 is 17.9 Å². The molecule has 0 amide bonds. The second-order valence-corrected chi connectivity index (χ2v) is 5.30. The van der Waals surface area contributed by atoms with Crippen LogP contribution in [0.2, 0.25) is 0 Å². The molecule has 0 spiro atoms. The number of rotatable bonds is 6. The summed E-state index contributed by atoms with van der Waals surface area (Å²) >= 11 is 0. The van der Waals surface area contributed by atoms with Crippen molar-refractivity contribution >= 4 is 12.2 Å². The third-order valence-corrected chi connectivity index (χ3v) is 3.38. The van der Waals surface area contributed by atoms with Crippen LogP contribution >= 0.6 is 0 Å². The number of hydrogen-bond acceptors (Lipinski definition) is 1. The summed E-state index contributed by atoms with van der Waals surface area (Å²) in [6, 6.07) is 14.1. The molecule has 0 radical (unpaired) electrons. The van der Waals surface area contributed by atoms with Gasteiger partial charge in [-0.3, -0.25) is 0 Å². The van der Waals surface area contributed by atoms with Crippen molar-refractivity contribution in [3.63, 3.8) is 0 Å². The first kappa shape index (κ1) is 17.1. The van der Waals surface area contributed by atoms with Gasteiger partial charge in [-0.05, 0) is 41.7 Å². The lowest BCUT2D eigenvalue weighted by Gasteiger charge is -2.08. The predicted molar refractivity (Wildman–Crippen MR) is 87.1 cm³/mol. The van der Waals surface area contributed by atoms with Crippen molar-refractivity contribution in [1.82, 2.24) is 0 Å². The van der Waals surface area contributed by atoms with E-state index in [0.29, 0.717) is 0 Å². The van der Waals surface area contributed by atoms with E-state index in [1.54, 1.807) is 12.1 Å². The lowest BCUT2D eigenvalue weighted by atomic mass is 10.1. The van der Waals surface area contributed by atoms with Crippen molar-refractivity contribution in [3.05, 3.63) is 65.2 Å². The Morgan fingerprint density at radius 2 is 1.39 bits per heavy atom. The Kier molecular flexibility index (Phi) is 5.85.